The van der Waals surface area contributed by atoms with E-state index in [1.807, 2.05) is 36.1 Å². The van der Waals surface area contributed by atoms with Crippen LogP contribution in [0.5, 0.6) is 0 Å². The van der Waals surface area contributed by atoms with Crippen molar-refractivity contribution in [1.82, 2.24) is 34.8 Å². The minimum absolute atomic E-state index is 0.0362. The second kappa shape index (κ2) is 8.81. The first-order valence-electron chi connectivity index (χ1n) is 11.8. The Morgan fingerprint density at radius 1 is 1.14 bits per heavy atom. The summed E-state index contributed by atoms with van der Waals surface area (Å²) in [5.41, 5.74) is 4.56. The van der Waals surface area contributed by atoms with Gasteiger partial charge in [0.1, 0.15) is 5.51 Å². The molecule has 0 bridgehead atoms. The molecule has 4 aromatic rings. The fraction of sp³-hybridized carbons (Fsp3) is 0.375. The van der Waals surface area contributed by atoms with Gasteiger partial charge in [-0.3, -0.25) is 9.59 Å². The molecule has 1 saturated heterocycles. The van der Waals surface area contributed by atoms with Crippen molar-refractivity contribution in [3.63, 3.8) is 0 Å². The zero-order valence-corrected chi connectivity index (χ0v) is 20.0. The van der Waals surface area contributed by atoms with Gasteiger partial charge in [0.25, 0.3) is 5.91 Å². The first-order valence-corrected chi connectivity index (χ1v) is 12.6. The SMILES string of the molecule is Cc1nn(-c2ccccn2)c2nc(C3CC3)cc(C(=O)N3CCC(C(=O)Nc4nncs4)CC3)c12. The number of carbonyl (C=O) groups excluding carboxylic acids is 2. The van der Waals surface area contributed by atoms with Crippen LogP contribution in [0.15, 0.2) is 36.0 Å². The Morgan fingerprint density at radius 2 is 1.97 bits per heavy atom. The maximum absolute atomic E-state index is 13.8. The van der Waals surface area contributed by atoms with Crippen LogP contribution < -0.4 is 5.32 Å². The zero-order chi connectivity index (χ0) is 23.9. The van der Waals surface area contributed by atoms with E-state index in [2.05, 4.69) is 20.5 Å². The highest BCUT2D eigenvalue weighted by molar-refractivity contribution is 7.13. The van der Waals surface area contributed by atoms with Crippen LogP contribution in [0.25, 0.3) is 16.9 Å². The molecule has 35 heavy (non-hydrogen) atoms. The second-order valence-corrected chi connectivity index (χ2v) is 9.89. The normalized spacial score (nSPS) is 16.5. The summed E-state index contributed by atoms with van der Waals surface area (Å²) in [7, 11) is 0. The van der Waals surface area contributed by atoms with Crippen molar-refractivity contribution in [1.29, 1.82) is 0 Å². The third-order valence-electron chi connectivity index (χ3n) is 6.67. The molecule has 1 aliphatic carbocycles. The summed E-state index contributed by atoms with van der Waals surface area (Å²) in [6.45, 7) is 2.94. The molecule has 0 atom stereocenters. The first-order chi connectivity index (χ1) is 17.1. The molecule has 0 unspecified atom stereocenters. The Labute approximate surface area is 205 Å². The van der Waals surface area contributed by atoms with E-state index < -0.39 is 0 Å². The van der Waals surface area contributed by atoms with Gasteiger partial charge in [-0.05, 0) is 50.8 Å². The number of hydrogen-bond acceptors (Lipinski definition) is 8. The standard InChI is InChI=1S/C24H24N8O2S/c1-14-20-17(23(34)31-10-7-16(8-11-31)22(33)28-24-29-26-13-35-24)12-18(15-5-6-15)27-21(20)32(30-14)19-4-2-3-9-25-19/h2-4,9,12-13,15-16H,5-8,10-11H2,1H3,(H,28,29,33). The van der Waals surface area contributed by atoms with Gasteiger partial charge in [-0.15, -0.1) is 10.2 Å². The minimum atomic E-state index is -0.156. The molecular weight excluding hydrogens is 464 g/mol. The van der Waals surface area contributed by atoms with Crippen LogP contribution in [0.4, 0.5) is 5.13 Å². The number of pyridine rings is 2. The number of aromatic nitrogens is 6. The molecule has 11 heteroatoms. The third kappa shape index (κ3) is 4.16. The minimum Gasteiger partial charge on any atom is -0.339 e. The molecule has 2 aliphatic rings. The topological polar surface area (TPSA) is 119 Å². The van der Waals surface area contributed by atoms with Gasteiger partial charge >= 0.3 is 0 Å². The number of piperidine rings is 1. The fourth-order valence-corrected chi connectivity index (χ4v) is 5.10. The fourth-order valence-electron chi connectivity index (χ4n) is 4.65. The van der Waals surface area contributed by atoms with Crippen LogP contribution in [0.2, 0.25) is 0 Å². The van der Waals surface area contributed by atoms with Gasteiger partial charge in [-0.25, -0.2) is 9.97 Å². The van der Waals surface area contributed by atoms with E-state index in [1.54, 1.807) is 16.4 Å². The molecule has 1 saturated carbocycles. The zero-order valence-electron chi connectivity index (χ0n) is 19.2. The van der Waals surface area contributed by atoms with Crippen molar-refractivity contribution in [2.75, 3.05) is 18.4 Å². The van der Waals surface area contributed by atoms with Gasteiger partial charge < -0.3 is 10.2 Å². The molecule has 1 aliphatic heterocycles. The summed E-state index contributed by atoms with van der Waals surface area (Å²) in [6.07, 6.45) is 5.09. The Morgan fingerprint density at radius 3 is 2.66 bits per heavy atom. The number of aryl methyl sites for hydroxylation is 1. The summed E-state index contributed by atoms with van der Waals surface area (Å²) >= 11 is 1.29. The molecule has 4 aromatic heterocycles. The first kappa shape index (κ1) is 21.8. The van der Waals surface area contributed by atoms with Crippen molar-refractivity contribution < 1.29 is 9.59 Å². The predicted molar refractivity (Wildman–Crippen MR) is 131 cm³/mol. The molecule has 5 heterocycles. The van der Waals surface area contributed by atoms with Crippen LogP contribution in [0.1, 0.15) is 53.3 Å². The molecule has 0 spiro atoms. The van der Waals surface area contributed by atoms with E-state index in [0.717, 1.165) is 29.6 Å². The second-order valence-electron chi connectivity index (χ2n) is 9.05. The smallest absolute Gasteiger partial charge is 0.254 e. The van der Waals surface area contributed by atoms with Crippen LogP contribution in [0.3, 0.4) is 0 Å². The summed E-state index contributed by atoms with van der Waals surface area (Å²) < 4.78 is 1.73. The van der Waals surface area contributed by atoms with Gasteiger partial charge in [0, 0.05) is 36.8 Å². The van der Waals surface area contributed by atoms with Gasteiger partial charge in [0.2, 0.25) is 11.0 Å². The van der Waals surface area contributed by atoms with Gasteiger partial charge in [-0.1, -0.05) is 17.4 Å². The lowest BCUT2D eigenvalue weighted by Crippen LogP contribution is -2.41. The molecule has 2 amide bonds. The Balaban J connectivity index is 1.28. The van der Waals surface area contributed by atoms with Crippen LogP contribution >= 0.6 is 11.3 Å². The number of amides is 2. The number of anilines is 1. The van der Waals surface area contributed by atoms with E-state index in [9.17, 15) is 9.59 Å². The monoisotopic (exact) mass is 488 g/mol. The maximum atomic E-state index is 13.8. The molecule has 0 radical (unpaired) electrons. The van der Waals surface area contributed by atoms with E-state index in [0.29, 0.717) is 54.0 Å². The lowest BCUT2D eigenvalue weighted by Gasteiger charge is -2.31. The molecule has 10 nitrogen and oxygen atoms in total. The van der Waals surface area contributed by atoms with Crippen molar-refractivity contribution in [2.24, 2.45) is 5.92 Å². The lowest BCUT2D eigenvalue weighted by molar-refractivity contribution is -0.121. The third-order valence-corrected chi connectivity index (χ3v) is 7.27. The lowest BCUT2D eigenvalue weighted by atomic mass is 9.95. The van der Waals surface area contributed by atoms with E-state index in [1.165, 1.54) is 11.3 Å². The molecule has 178 valence electrons. The maximum Gasteiger partial charge on any atom is 0.254 e. The van der Waals surface area contributed by atoms with Crippen LogP contribution in [0, 0.1) is 12.8 Å². The van der Waals surface area contributed by atoms with Crippen molar-refractivity contribution in [3.05, 3.63) is 52.9 Å². The number of hydrogen-bond donors (Lipinski definition) is 1. The summed E-state index contributed by atoms with van der Waals surface area (Å²) in [6, 6.07) is 7.61. The van der Waals surface area contributed by atoms with Gasteiger partial charge in [-0.2, -0.15) is 9.78 Å². The predicted octanol–water partition coefficient (Wildman–Crippen LogP) is 3.34. The van der Waals surface area contributed by atoms with Crippen molar-refractivity contribution in [2.45, 2.75) is 38.5 Å². The van der Waals surface area contributed by atoms with Gasteiger partial charge in [0.05, 0.1) is 16.6 Å². The number of rotatable bonds is 5. The molecule has 6 rings (SSSR count). The summed E-state index contributed by atoms with van der Waals surface area (Å²) in [4.78, 5) is 37.6. The van der Waals surface area contributed by atoms with E-state index >= 15 is 0 Å². The summed E-state index contributed by atoms with van der Waals surface area (Å²) in [5.74, 6) is 0.797. The van der Waals surface area contributed by atoms with Crippen LogP contribution in [-0.2, 0) is 4.79 Å². The molecule has 0 aromatic carbocycles. The average molecular weight is 489 g/mol. The Kier molecular flexibility index (Phi) is 5.48. The number of likely N-dealkylation sites (tertiary alicyclic amines) is 1. The Hall–Kier alpha value is -3.73. The largest absolute Gasteiger partial charge is 0.339 e. The van der Waals surface area contributed by atoms with E-state index in [4.69, 9.17) is 10.1 Å². The Bertz CT molecular complexity index is 1390. The quantitative estimate of drug-likeness (QED) is 0.458. The number of nitrogens with zero attached hydrogens (tertiary/aromatic N) is 7. The van der Waals surface area contributed by atoms with Crippen molar-refractivity contribution in [3.8, 4) is 5.82 Å². The number of fused-ring (bicyclic) bond motifs is 1. The van der Waals surface area contributed by atoms with Gasteiger partial charge in [0.15, 0.2) is 11.5 Å². The average Bonchev–Trinajstić information content (AvgIpc) is 3.53. The highest BCUT2D eigenvalue weighted by Crippen LogP contribution is 2.41. The molecular formula is C24H24N8O2S. The summed E-state index contributed by atoms with van der Waals surface area (Å²) in [5, 5.41) is 16.4. The number of nitrogens with one attached hydrogen (secondary N) is 1. The number of carbonyl (C=O) groups is 2. The van der Waals surface area contributed by atoms with Crippen LogP contribution in [-0.4, -0.2) is 59.7 Å². The van der Waals surface area contributed by atoms with Crippen molar-refractivity contribution >= 4 is 39.3 Å². The highest BCUT2D eigenvalue weighted by atomic mass is 32.1. The molecule has 1 N–H and O–H groups in total. The van der Waals surface area contributed by atoms with E-state index in [-0.39, 0.29) is 17.7 Å². The highest BCUT2D eigenvalue weighted by Gasteiger charge is 2.32. The molecule has 2 fully saturated rings.